The van der Waals surface area contributed by atoms with E-state index < -0.39 is 0 Å². The number of carbonyl (C=O) groups excluding carboxylic acids is 1. The Hall–Kier alpha value is -1.07. The maximum absolute atomic E-state index is 11.7. The highest BCUT2D eigenvalue weighted by atomic mass is 79.9. The molecule has 1 rings (SSSR count). The van der Waals surface area contributed by atoms with Crippen molar-refractivity contribution in [3.05, 3.63) is 28.7 Å². The molecule has 0 radical (unpaired) electrons. The lowest BCUT2D eigenvalue weighted by atomic mass is 10.0. The first-order valence-corrected chi connectivity index (χ1v) is 7.11. The highest BCUT2D eigenvalue weighted by Crippen LogP contribution is 2.15. The quantitative estimate of drug-likeness (QED) is 0.807. The van der Waals surface area contributed by atoms with Gasteiger partial charge < -0.3 is 15.2 Å². The third-order valence-corrected chi connectivity index (χ3v) is 3.30. The first-order chi connectivity index (χ1) is 9.02. The molecular weight excluding hydrogens is 310 g/mol. The maximum Gasteiger partial charge on any atom is 0.258 e. The third kappa shape index (κ3) is 6.07. The number of benzene rings is 1. The zero-order chi connectivity index (χ0) is 14.3. The molecule has 0 heterocycles. The zero-order valence-corrected chi connectivity index (χ0v) is 12.8. The van der Waals surface area contributed by atoms with Crippen molar-refractivity contribution in [2.45, 2.75) is 26.3 Å². The Bertz CT molecular complexity index is 392. The van der Waals surface area contributed by atoms with Crippen molar-refractivity contribution in [3.8, 4) is 5.75 Å². The molecule has 4 nitrogen and oxygen atoms in total. The molecule has 1 atom stereocenters. The van der Waals surface area contributed by atoms with Crippen LogP contribution in [-0.2, 0) is 4.79 Å². The molecule has 0 spiro atoms. The highest BCUT2D eigenvalue weighted by molar-refractivity contribution is 9.10. The number of ether oxygens (including phenoxy) is 1. The number of halogens is 1. The molecular formula is C14H20BrNO3. The van der Waals surface area contributed by atoms with Crippen LogP contribution in [-0.4, -0.2) is 30.3 Å². The maximum atomic E-state index is 11.7. The van der Waals surface area contributed by atoms with E-state index in [2.05, 4.69) is 21.2 Å². The standard InChI is InChI=1S/C14H20BrNO3/c1-10(2)13(7-8-17)16-14(18)9-19-12-5-3-11(15)4-6-12/h3-6,10,13,17H,7-9H2,1-2H3,(H,16,18). The lowest BCUT2D eigenvalue weighted by molar-refractivity contribution is -0.124. The van der Waals surface area contributed by atoms with Crippen LogP contribution in [0.1, 0.15) is 20.3 Å². The number of nitrogens with one attached hydrogen (secondary N) is 1. The van der Waals surface area contributed by atoms with Gasteiger partial charge in [-0.1, -0.05) is 29.8 Å². The van der Waals surface area contributed by atoms with Crippen molar-refractivity contribution in [1.29, 1.82) is 0 Å². The van der Waals surface area contributed by atoms with Crippen molar-refractivity contribution in [1.82, 2.24) is 5.32 Å². The van der Waals surface area contributed by atoms with E-state index in [1.54, 1.807) is 12.1 Å². The molecule has 1 unspecified atom stereocenters. The summed E-state index contributed by atoms with van der Waals surface area (Å²) in [6.45, 7) is 4.07. The van der Waals surface area contributed by atoms with Gasteiger partial charge in [-0.15, -0.1) is 0 Å². The van der Waals surface area contributed by atoms with Crippen molar-refractivity contribution >= 4 is 21.8 Å². The Morgan fingerprint density at radius 1 is 1.37 bits per heavy atom. The lowest BCUT2D eigenvalue weighted by Crippen LogP contribution is -2.41. The predicted octanol–water partition coefficient (Wildman–Crippen LogP) is 2.35. The van der Waals surface area contributed by atoms with E-state index in [1.807, 2.05) is 26.0 Å². The normalized spacial score (nSPS) is 12.3. The molecule has 0 bridgehead atoms. The summed E-state index contributed by atoms with van der Waals surface area (Å²) < 4.78 is 6.35. The van der Waals surface area contributed by atoms with E-state index in [-0.39, 0.29) is 31.1 Å². The van der Waals surface area contributed by atoms with Crippen molar-refractivity contribution < 1.29 is 14.6 Å². The Morgan fingerprint density at radius 2 is 2.00 bits per heavy atom. The van der Waals surface area contributed by atoms with Gasteiger partial charge in [0.2, 0.25) is 0 Å². The van der Waals surface area contributed by atoms with Gasteiger partial charge in [0.15, 0.2) is 6.61 Å². The highest BCUT2D eigenvalue weighted by Gasteiger charge is 2.15. The average Bonchev–Trinajstić information content (AvgIpc) is 2.37. The van der Waals surface area contributed by atoms with Gasteiger partial charge in [-0.25, -0.2) is 0 Å². The summed E-state index contributed by atoms with van der Waals surface area (Å²) in [4.78, 5) is 11.7. The molecule has 1 amide bonds. The van der Waals surface area contributed by atoms with Crippen LogP contribution in [0.2, 0.25) is 0 Å². The Kier molecular flexibility index (Phi) is 6.87. The fourth-order valence-corrected chi connectivity index (χ4v) is 1.90. The molecule has 0 aromatic heterocycles. The SMILES string of the molecule is CC(C)C(CCO)NC(=O)COc1ccc(Br)cc1. The van der Waals surface area contributed by atoms with Crippen molar-refractivity contribution in [2.24, 2.45) is 5.92 Å². The van der Waals surface area contributed by atoms with Crippen molar-refractivity contribution in [3.63, 3.8) is 0 Å². The second-order valence-corrected chi connectivity index (χ2v) is 5.59. The number of aliphatic hydroxyl groups excluding tert-OH is 1. The van der Waals surface area contributed by atoms with Crippen LogP contribution in [0, 0.1) is 5.92 Å². The number of aliphatic hydroxyl groups is 1. The molecule has 0 fully saturated rings. The summed E-state index contributed by atoms with van der Waals surface area (Å²) in [6, 6.07) is 7.29. The van der Waals surface area contributed by atoms with Gasteiger partial charge in [-0.3, -0.25) is 4.79 Å². The molecule has 0 saturated carbocycles. The molecule has 106 valence electrons. The molecule has 1 aromatic carbocycles. The van der Waals surface area contributed by atoms with E-state index in [1.165, 1.54) is 0 Å². The molecule has 2 N–H and O–H groups in total. The van der Waals surface area contributed by atoms with Gasteiger partial charge in [-0.05, 0) is 36.6 Å². The van der Waals surface area contributed by atoms with Crippen LogP contribution in [0.25, 0.3) is 0 Å². The van der Waals surface area contributed by atoms with Gasteiger partial charge in [0, 0.05) is 17.1 Å². The topological polar surface area (TPSA) is 58.6 Å². The minimum Gasteiger partial charge on any atom is -0.484 e. The average molecular weight is 330 g/mol. The Balaban J connectivity index is 2.40. The zero-order valence-electron chi connectivity index (χ0n) is 11.2. The van der Waals surface area contributed by atoms with Gasteiger partial charge in [0.25, 0.3) is 5.91 Å². The lowest BCUT2D eigenvalue weighted by Gasteiger charge is -2.21. The largest absolute Gasteiger partial charge is 0.484 e. The minimum absolute atomic E-state index is 0.0176. The molecule has 1 aromatic rings. The summed E-state index contributed by atoms with van der Waals surface area (Å²) in [7, 11) is 0. The van der Waals surface area contributed by atoms with Crippen LogP contribution in [0.15, 0.2) is 28.7 Å². The second kappa shape index (κ2) is 8.17. The first kappa shape index (κ1) is 16.0. The number of hydrogen-bond donors (Lipinski definition) is 2. The molecule has 5 heteroatoms. The smallest absolute Gasteiger partial charge is 0.258 e. The summed E-state index contributed by atoms with van der Waals surface area (Å²) in [6.07, 6.45) is 0.557. The van der Waals surface area contributed by atoms with Gasteiger partial charge in [0.05, 0.1) is 0 Å². The van der Waals surface area contributed by atoms with Gasteiger partial charge >= 0.3 is 0 Å². The predicted molar refractivity (Wildman–Crippen MR) is 78.1 cm³/mol. The second-order valence-electron chi connectivity index (χ2n) is 4.67. The van der Waals surface area contributed by atoms with Crippen LogP contribution in [0.4, 0.5) is 0 Å². The first-order valence-electron chi connectivity index (χ1n) is 6.31. The molecule has 0 saturated heterocycles. The van der Waals surface area contributed by atoms with Crippen LogP contribution >= 0.6 is 15.9 Å². The number of carbonyl (C=O) groups is 1. The fraction of sp³-hybridized carbons (Fsp3) is 0.500. The summed E-state index contributed by atoms with van der Waals surface area (Å²) in [5, 5.41) is 11.8. The fourth-order valence-electron chi connectivity index (χ4n) is 1.64. The van der Waals surface area contributed by atoms with Crippen molar-refractivity contribution in [2.75, 3.05) is 13.2 Å². The third-order valence-electron chi connectivity index (χ3n) is 2.77. The summed E-state index contributed by atoms with van der Waals surface area (Å²) in [5.74, 6) is 0.764. The molecule has 0 aliphatic carbocycles. The van der Waals surface area contributed by atoms with Crippen LogP contribution in [0.5, 0.6) is 5.75 Å². The number of amides is 1. The minimum atomic E-state index is -0.171. The van der Waals surface area contributed by atoms with Gasteiger partial charge in [-0.2, -0.15) is 0 Å². The number of hydrogen-bond acceptors (Lipinski definition) is 3. The molecule has 19 heavy (non-hydrogen) atoms. The monoisotopic (exact) mass is 329 g/mol. The van der Waals surface area contributed by atoms with Gasteiger partial charge in [0.1, 0.15) is 5.75 Å². The Morgan fingerprint density at radius 3 is 2.53 bits per heavy atom. The van der Waals surface area contributed by atoms with E-state index in [4.69, 9.17) is 9.84 Å². The Labute approximate surface area is 122 Å². The van der Waals surface area contributed by atoms with E-state index >= 15 is 0 Å². The van der Waals surface area contributed by atoms with E-state index in [9.17, 15) is 4.79 Å². The summed E-state index contributed by atoms with van der Waals surface area (Å²) in [5.41, 5.74) is 0. The van der Waals surface area contributed by atoms with E-state index in [0.717, 1.165) is 4.47 Å². The van der Waals surface area contributed by atoms with Crippen LogP contribution < -0.4 is 10.1 Å². The molecule has 0 aliphatic heterocycles. The van der Waals surface area contributed by atoms with E-state index in [0.29, 0.717) is 12.2 Å². The summed E-state index contributed by atoms with van der Waals surface area (Å²) >= 11 is 3.33. The number of rotatable bonds is 7. The molecule has 0 aliphatic rings. The van der Waals surface area contributed by atoms with Crippen LogP contribution in [0.3, 0.4) is 0 Å².